The lowest BCUT2D eigenvalue weighted by atomic mass is 10.0. The predicted molar refractivity (Wildman–Crippen MR) is 84.1 cm³/mol. The van der Waals surface area contributed by atoms with E-state index in [1.54, 1.807) is 0 Å². The monoisotopic (exact) mass is 277 g/mol. The molecule has 1 N–H and O–H groups in total. The molecule has 112 valence electrons. The van der Waals surface area contributed by atoms with E-state index in [4.69, 9.17) is 4.74 Å². The van der Waals surface area contributed by atoms with E-state index < -0.39 is 0 Å². The molecule has 3 heteroatoms. The number of nitrogens with one attached hydrogen (secondary N) is 1. The molecule has 1 aromatic rings. The van der Waals surface area contributed by atoms with E-state index in [2.05, 4.69) is 44.3 Å². The van der Waals surface area contributed by atoms with Crippen LogP contribution >= 0.6 is 0 Å². The Kier molecular flexibility index (Phi) is 7.13. The molecular formula is C17H27NO2. The van der Waals surface area contributed by atoms with Crippen molar-refractivity contribution in [2.75, 3.05) is 11.9 Å². The number of benzene rings is 1. The van der Waals surface area contributed by atoms with Crippen molar-refractivity contribution in [3.63, 3.8) is 0 Å². The molecule has 0 spiro atoms. The molecule has 0 fully saturated rings. The van der Waals surface area contributed by atoms with E-state index in [1.807, 2.05) is 6.92 Å². The quantitative estimate of drug-likeness (QED) is 0.577. The fourth-order valence-electron chi connectivity index (χ4n) is 2.15. The fraction of sp³-hybridized carbons (Fsp3) is 0.588. The molecule has 0 amide bonds. The predicted octanol–water partition coefficient (Wildman–Crippen LogP) is 3.96. The number of aryl methyl sites for hydroxylation is 2. The van der Waals surface area contributed by atoms with E-state index in [-0.39, 0.29) is 12.0 Å². The summed E-state index contributed by atoms with van der Waals surface area (Å²) < 4.78 is 5.26. The van der Waals surface area contributed by atoms with Crippen molar-refractivity contribution >= 4 is 11.7 Å². The minimum atomic E-state index is -0.315. The van der Waals surface area contributed by atoms with Gasteiger partial charge in [0.25, 0.3) is 0 Å². The number of carbonyl (C=O) groups is 1. The van der Waals surface area contributed by atoms with Gasteiger partial charge in [-0.05, 0) is 37.3 Å². The van der Waals surface area contributed by atoms with Gasteiger partial charge in [0.1, 0.15) is 6.04 Å². The van der Waals surface area contributed by atoms with Gasteiger partial charge in [-0.1, -0.05) is 45.4 Å². The first-order chi connectivity index (χ1) is 9.63. The van der Waals surface area contributed by atoms with E-state index in [0.29, 0.717) is 6.61 Å². The van der Waals surface area contributed by atoms with Gasteiger partial charge >= 0.3 is 5.97 Å². The van der Waals surface area contributed by atoms with Crippen LogP contribution in [0.3, 0.4) is 0 Å². The molecule has 0 aliphatic rings. The molecule has 0 saturated heterocycles. The minimum absolute atomic E-state index is 0.175. The Morgan fingerprint density at radius 2 is 1.80 bits per heavy atom. The van der Waals surface area contributed by atoms with Gasteiger partial charge in [-0.15, -0.1) is 0 Å². The molecule has 0 saturated carbocycles. The largest absolute Gasteiger partial charge is 0.464 e. The third-order valence-corrected chi connectivity index (χ3v) is 3.46. The summed E-state index contributed by atoms with van der Waals surface area (Å²) in [7, 11) is 0. The highest BCUT2D eigenvalue weighted by Crippen LogP contribution is 2.23. The fourth-order valence-corrected chi connectivity index (χ4v) is 2.15. The molecule has 1 unspecified atom stereocenters. The molecule has 1 aromatic carbocycles. The first-order valence-electron chi connectivity index (χ1n) is 7.67. The molecule has 0 heterocycles. The van der Waals surface area contributed by atoms with Crippen LogP contribution in [0, 0.1) is 0 Å². The second-order valence-electron chi connectivity index (χ2n) is 5.05. The summed E-state index contributed by atoms with van der Waals surface area (Å²) in [6, 6.07) is 5.98. The topological polar surface area (TPSA) is 38.3 Å². The maximum Gasteiger partial charge on any atom is 0.328 e. The minimum Gasteiger partial charge on any atom is -0.464 e. The van der Waals surface area contributed by atoms with Gasteiger partial charge < -0.3 is 10.1 Å². The second-order valence-corrected chi connectivity index (χ2v) is 5.05. The molecule has 3 nitrogen and oxygen atoms in total. The zero-order valence-corrected chi connectivity index (χ0v) is 13.2. The van der Waals surface area contributed by atoms with Gasteiger partial charge in [-0.25, -0.2) is 4.79 Å². The lowest BCUT2D eigenvalue weighted by Gasteiger charge is -2.19. The third-order valence-electron chi connectivity index (χ3n) is 3.46. The van der Waals surface area contributed by atoms with Crippen molar-refractivity contribution in [3.8, 4) is 0 Å². The van der Waals surface area contributed by atoms with Crippen LogP contribution in [0.2, 0.25) is 0 Å². The van der Waals surface area contributed by atoms with E-state index >= 15 is 0 Å². The highest BCUT2D eigenvalue weighted by molar-refractivity contribution is 5.79. The van der Waals surface area contributed by atoms with E-state index in [0.717, 1.165) is 31.4 Å². The SMILES string of the molecule is CCCCOC(=O)C(C)Nc1c(CC)cccc1CC. The molecule has 0 aliphatic heterocycles. The molecule has 1 rings (SSSR count). The van der Waals surface area contributed by atoms with Crippen molar-refractivity contribution in [1.82, 2.24) is 0 Å². The number of carbonyl (C=O) groups excluding carboxylic acids is 1. The van der Waals surface area contributed by atoms with Crippen LogP contribution in [0.25, 0.3) is 0 Å². The van der Waals surface area contributed by atoms with Crippen LogP contribution in [0.15, 0.2) is 18.2 Å². The highest BCUT2D eigenvalue weighted by Gasteiger charge is 2.16. The first kappa shape index (κ1) is 16.5. The van der Waals surface area contributed by atoms with Crippen LogP contribution in [0.4, 0.5) is 5.69 Å². The van der Waals surface area contributed by atoms with Crippen molar-refractivity contribution in [1.29, 1.82) is 0 Å². The van der Waals surface area contributed by atoms with Crippen LogP contribution in [0.1, 0.15) is 51.7 Å². The zero-order valence-electron chi connectivity index (χ0n) is 13.2. The van der Waals surface area contributed by atoms with Gasteiger partial charge in [0, 0.05) is 5.69 Å². The smallest absolute Gasteiger partial charge is 0.328 e. The number of hydrogen-bond donors (Lipinski definition) is 1. The average molecular weight is 277 g/mol. The van der Waals surface area contributed by atoms with Gasteiger partial charge in [-0.3, -0.25) is 0 Å². The Labute approximate surface area is 122 Å². The van der Waals surface area contributed by atoms with Gasteiger partial charge in [0.15, 0.2) is 0 Å². The molecule has 0 bridgehead atoms. The molecule has 0 aliphatic carbocycles. The normalized spacial score (nSPS) is 12.0. The Hall–Kier alpha value is -1.51. The number of anilines is 1. The second kappa shape index (κ2) is 8.62. The number of rotatable bonds is 8. The number of para-hydroxylation sites is 1. The van der Waals surface area contributed by atoms with Crippen molar-refractivity contribution in [2.24, 2.45) is 0 Å². The number of ether oxygens (including phenoxy) is 1. The average Bonchev–Trinajstić information content (AvgIpc) is 2.47. The summed E-state index contributed by atoms with van der Waals surface area (Å²) in [6.45, 7) is 8.71. The van der Waals surface area contributed by atoms with Crippen molar-refractivity contribution in [2.45, 2.75) is 59.4 Å². The van der Waals surface area contributed by atoms with Crippen molar-refractivity contribution in [3.05, 3.63) is 29.3 Å². The summed E-state index contributed by atoms with van der Waals surface area (Å²) in [4.78, 5) is 11.9. The molecule has 1 atom stereocenters. The first-order valence-corrected chi connectivity index (χ1v) is 7.67. The van der Waals surface area contributed by atoms with Crippen LogP contribution in [-0.4, -0.2) is 18.6 Å². The Morgan fingerprint density at radius 1 is 1.20 bits per heavy atom. The summed E-state index contributed by atoms with van der Waals surface area (Å²) in [6.07, 6.45) is 3.86. The van der Waals surface area contributed by atoms with Gasteiger partial charge in [0.2, 0.25) is 0 Å². The van der Waals surface area contributed by atoms with Crippen LogP contribution in [0.5, 0.6) is 0 Å². The third kappa shape index (κ3) is 4.55. The van der Waals surface area contributed by atoms with Crippen molar-refractivity contribution < 1.29 is 9.53 Å². The summed E-state index contributed by atoms with van der Waals surface area (Å²) in [5.74, 6) is -0.175. The number of esters is 1. The lowest BCUT2D eigenvalue weighted by molar-refractivity contribution is -0.144. The molecular weight excluding hydrogens is 250 g/mol. The summed E-state index contributed by atoms with van der Waals surface area (Å²) in [5.41, 5.74) is 3.59. The Balaban J connectivity index is 2.74. The van der Waals surface area contributed by atoms with Crippen LogP contribution in [-0.2, 0) is 22.4 Å². The maximum atomic E-state index is 11.9. The standard InChI is InChI=1S/C17H27NO2/c1-5-8-12-20-17(19)13(4)18-16-14(6-2)10-9-11-15(16)7-3/h9-11,13,18H,5-8,12H2,1-4H3. The maximum absolute atomic E-state index is 11.9. The van der Waals surface area contributed by atoms with Crippen LogP contribution < -0.4 is 5.32 Å². The van der Waals surface area contributed by atoms with Gasteiger partial charge in [-0.2, -0.15) is 0 Å². The summed E-state index contributed by atoms with van der Waals surface area (Å²) in [5, 5.41) is 3.33. The Morgan fingerprint density at radius 3 is 2.30 bits per heavy atom. The zero-order chi connectivity index (χ0) is 15.0. The Bertz CT molecular complexity index is 407. The van der Waals surface area contributed by atoms with E-state index in [1.165, 1.54) is 11.1 Å². The number of unbranched alkanes of at least 4 members (excludes halogenated alkanes) is 1. The lowest BCUT2D eigenvalue weighted by Crippen LogP contribution is -2.29. The highest BCUT2D eigenvalue weighted by atomic mass is 16.5. The number of hydrogen-bond acceptors (Lipinski definition) is 3. The molecule has 20 heavy (non-hydrogen) atoms. The van der Waals surface area contributed by atoms with E-state index in [9.17, 15) is 4.79 Å². The molecule has 0 radical (unpaired) electrons. The van der Waals surface area contributed by atoms with Gasteiger partial charge in [0.05, 0.1) is 6.61 Å². The molecule has 0 aromatic heterocycles. The summed E-state index contributed by atoms with van der Waals surface area (Å²) >= 11 is 0.